The topological polar surface area (TPSA) is 68.8 Å². The maximum Gasteiger partial charge on any atom is 0.220 e. The largest absolute Gasteiger partial charge is 0.379 e. The molecule has 0 bridgehead atoms. The van der Waals surface area contributed by atoms with Gasteiger partial charge >= 0.3 is 0 Å². The van der Waals surface area contributed by atoms with E-state index in [0.29, 0.717) is 12.3 Å². The Labute approximate surface area is 149 Å². The van der Waals surface area contributed by atoms with Crippen molar-refractivity contribution in [3.8, 4) is 0 Å². The zero-order chi connectivity index (χ0) is 17.5. The van der Waals surface area contributed by atoms with Crippen LogP contribution in [0.2, 0.25) is 0 Å². The number of hydrogen-bond acceptors (Lipinski definition) is 5. The second-order valence-corrected chi connectivity index (χ2v) is 7.37. The molecular formula is C17H31ClN2O4. The van der Waals surface area contributed by atoms with Crippen molar-refractivity contribution in [3.05, 3.63) is 0 Å². The number of rotatable bonds is 7. The molecule has 1 saturated carbocycles. The molecule has 1 amide bonds. The van der Waals surface area contributed by atoms with Crippen LogP contribution in [0.3, 0.4) is 0 Å². The zero-order valence-electron chi connectivity index (χ0n) is 14.9. The lowest BCUT2D eigenvalue weighted by molar-refractivity contribution is -0.142. The predicted octanol–water partition coefficient (Wildman–Crippen LogP) is 1.31. The minimum atomic E-state index is -0.0446. The summed E-state index contributed by atoms with van der Waals surface area (Å²) in [5.41, 5.74) is 0. The third-order valence-corrected chi connectivity index (χ3v) is 5.73. The monoisotopic (exact) mass is 362 g/mol. The SMILES string of the molecule is COC1CC(CCC(=O)NC2CCNCC2Cl)CC(OC)C1OC. The number of nitrogens with one attached hydrogen (secondary N) is 2. The molecule has 1 saturated heterocycles. The first-order chi connectivity index (χ1) is 11.6. The molecule has 24 heavy (non-hydrogen) atoms. The van der Waals surface area contributed by atoms with Gasteiger partial charge in [0.25, 0.3) is 0 Å². The Morgan fingerprint density at radius 3 is 2.38 bits per heavy atom. The van der Waals surface area contributed by atoms with E-state index in [1.54, 1.807) is 21.3 Å². The Balaban J connectivity index is 1.79. The van der Waals surface area contributed by atoms with Crippen LogP contribution in [0.1, 0.15) is 32.1 Å². The van der Waals surface area contributed by atoms with Crippen molar-refractivity contribution >= 4 is 17.5 Å². The maximum atomic E-state index is 12.2. The predicted molar refractivity (Wildman–Crippen MR) is 93.4 cm³/mol. The van der Waals surface area contributed by atoms with Crippen molar-refractivity contribution in [2.45, 2.75) is 61.8 Å². The van der Waals surface area contributed by atoms with Crippen LogP contribution in [0.25, 0.3) is 0 Å². The summed E-state index contributed by atoms with van der Waals surface area (Å²) in [6, 6.07) is 0.0723. The number of hydrogen-bond donors (Lipinski definition) is 2. The fourth-order valence-electron chi connectivity index (χ4n) is 3.86. The van der Waals surface area contributed by atoms with Gasteiger partial charge in [0.15, 0.2) is 0 Å². The fourth-order valence-corrected chi connectivity index (χ4v) is 4.16. The highest BCUT2D eigenvalue weighted by Crippen LogP contribution is 2.32. The lowest BCUT2D eigenvalue weighted by Crippen LogP contribution is -2.50. The Hall–Kier alpha value is -0.400. The third kappa shape index (κ3) is 5.30. The Morgan fingerprint density at radius 2 is 1.83 bits per heavy atom. The summed E-state index contributed by atoms with van der Waals surface area (Å²) in [6.07, 6.45) is 4.01. The second-order valence-electron chi connectivity index (χ2n) is 6.81. The molecule has 2 fully saturated rings. The number of carbonyl (C=O) groups is 1. The minimum absolute atomic E-state index is 0.0124. The van der Waals surface area contributed by atoms with Crippen molar-refractivity contribution in [1.82, 2.24) is 10.6 Å². The smallest absolute Gasteiger partial charge is 0.220 e. The van der Waals surface area contributed by atoms with Crippen LogP contribution in [-0.2, 0) is 19.0 Å². The molecular weight excluding hydrogens is 332 g/mol. The van der Waals surface area contributed by atoms with Crippen molar-refractivity contribution in [3.63, 3.8) is 0 Å². The molecule has 0 spiro atoms. The van der Waals surface area contributed by atoms with Crippen LogP contribution in [0, 0.1) is 5.92 Å². The van der Waals surface area contributed by atoms with E-state index < -0.39 is 0 Å². The van der Waals surface area contributed by atoms with Crippen LogP contribution in [-0.4, -0.2) is 70.1 Å². The van der Waals surface area contributed by atoms with Gasteiger partial charge in [0.2, 0.25) is 5.91 Å². The van der Waals surface area contributed by atoms with E-state index >= 15 is 0 Å². The summed E-state index contributed by atoms with van der Waals surface area (Å²) < 4.78 is 16.7. The molecule has 4 unspecified atom stereocenters. The second kappa shape index (κ2) is 9.92. The minimum Gasteiger partial charge on any atom is -0.379 e. The molecule has 2 N–H and O–H groups in total. The van der Waals surface area contributed by atoms with Gasteiger partial charge in [-0.1, -0.05) is 0 Å². The molecule has 1 heterocycles. The molecule has 0 aromatic carbocycles. The van der Waals surface area contributed by atoms with Gasteiger partial charge in [0.1, 0.15) is 6.10 Å². The van der Waals surface area contributed by atoms with Gasteiger partial charge in [-0.25, -0.2) is 0 Å². The van der Waals surface area contributed by atoms with Gasteiger partial charge < -0.3 is 24.8 Å². The van der Waals surface area contributed by atoms with Crippen LogP contribution >= 0.6 is 11.6 Å². The maximum absolute atomic E-state index is 12.2. The van der Waals surface area contributed by atoms with E-state index in [1.165, 1.54) is 0 Å². The highest BCUT2D eigenvalue weighted by Gasteiger charge is 2.38. The molecule has 0 aromatic rings. The fraction of sp³-hybridized carbons (Fsp3) is 0.941. The van der Waals surface area contributed by atoms with E-state index in [0.717, 1.165) is 38.8 Å². The van der Waals surface area contributed by atoms with E-state index in [1.807, 2.05) is 0 Å². The molecule has 6 nitrogen and oxygen atoms in total. The molecule has 2 rings (SSSR count). The molecule has 1 aliphatic heterocycles. The van der Waals surface area contributed by atoms with E-state index in [9.17, 15) is 4.79 Å². The van der Waals surface area contributed by atoms with Crippen LogP contribution < -0.4 is 10.6 Å². The first-order valence-corrected chi connectivity index (χ1v) is 9.25. The summed E-state index contributed by atoms with van der Waals surface area (Å²) >= 11 is 6.26. The number of amides is 1. The normalized spacial score (nSPS) is 37.2. The first-order valence-electron chi connectivity index (χ1n) is 8.81. The van der Waals surface area contributed by atoms with Crippen LogP contribution in [0.5, 0.6) is 0 Å². The third-order valence-electron chi connectivity index (χ3n) is 5.28. The van der Waals surface area contributed by atoms with Crippen molar-refractivity contribution in [1.29, 1.82) is 0 Å². The van der Waals surface area contributed by atoms with Gasteiger partial charge in [-0.05, 0) is 38.1 Å². The lowest BCUT2D eigenvalue weighted by atomic mass is 9.80. The van der Waals surface area contributed by atoms with Gasteiger partial charge in [-0.2, -0.15) is 0 Å². The Bertz CT molecular complexity index is 385. The van der Waals surface area contributed by atoms with Gasteiger partial charge in [0.05, 0.1) is 17.6 Å². The lowest BCUT2D eigenvalue weighted by Gasteiger charge is -2.39. The van der Waals surface area contributed by atoms with Crippen LogP contribution in [0.4, 0.5) is 0 Å². The highest BCUT2D eigenvalue weighted by molar-refractivity contribution is 6.21. The average Bonchev–Trinajstić information content (AvgIpc) is 2.60. The molecule has 2 aliphatic rings. The summed E-state index contributed by atoms with van der Waals surface area (Å²) in [5, 5.41) is 6.28. The van der Waals surface area contributed by atoms with E-state index in [-0.39, 0.29) is 35.6 Å². The van der Waals surface area contributed by atoms with Crippen molar-refractivity contribution in [2.75, 3.05) is 34.4 Å². The zero-order valence-corrected chi connectivity index (χ0v) is 15.7. The number of ether oxygens (including phenoxy) is 3. The molecule has 0 aromatic heterocycles. The van der Waals surface area contributed by atoms with Crippen LogP contribution in [0.15, 0.2) is 0 Å². The number of piperidine rings is 1. The summed E-state index contributed by atoms with van der Waals surface area (Å²) in [4.78, 5) is 12.2. The molecule has 4 atom stereocenters. The quantitative estimate of drug-likeness (QED) is 0.668. The van der Waals surface area contributed by atoms with E-state index in [2.05, 4.69) is 10.6 Å². The Kier molecular flexibility index (Phi) is 8.23. The number of carbonyl (C=O) groups excluding carboxylic acids is 1. The summed E-state index contributed by atoms with van der Waals surface area (Å²) in [6.45, 7) is 1.65. The molecule has 7 heteroatoms. The summed E-state index contributed by atoms with van der Waals surface area (Å²) in [5.74, 6) is 0.487. The molecule has 140 valence electrons. The average molecular weight is 363 g/mol. The Morgan fingerprint density at radius 1 is 1.17 bits per heavy atom. The van der Waals surface area contributed by atoms with Crippen molar-refractivity contribution in [2.24, 2.45) is 5.92 Å². The van der Waals surface area contributed by atoms with Gasteiger partial charge in [-0.3, -0.25) is 4.79 Å². The van der Waals surface area contributed by atoms with Gasteiger partial charge in [-0.15, -0.1) is 11.6 Å². The standard InChI is InChI=1S/C17H31ClN2O4/c1-22-14-8-11(9-15(23-2)17(14)24-3)4-5-16(21)20-13-6-7-19-10-12(13)18/h11-15,17,19H,4-10H2,1-3H3,(H,20,21). The van der Waals surface area contributed by atoms with Crippen molar-refractivity contribution < 1.29 is 19.0 Å². The van der Waals surface area contributed by atoms with Gasteiger partial charge in [0, 0.05) is 40.3 Å². The van der Waals surface area contributed by atoms with E-state index in [4.69, 9.17) is 25.8 Å². The molecule has 0 radical (unpaired) electrons. The summed E-state index contributed by atoms with van der Waals surface area (Å²) in [7, 11) is 5.10. The number of methoxy groups -OCH3 is 3. The molecule has 1 aliphatic carbocycles. The highest BCUT2D eigenvalue weighted by atomic mass is 35.5. The first kappa shape index (κ1) is 19.9. The number of halogens is 1. The number of alkyl halides is 1.